The minimum absolute atomic E-state index is 0.808. The molecule has 2 heteroatoms. The zero-order valence-corrected chi connectivity index (χ0v) is 10.3. The van der Waals surface area contributed by atoms with E-state index in [4.69, 9.17) is 5.73 Å². The van der Waals surface area contributed by atoms with Crippen LogP contribution in [0.1, 0.15) is 39.5 Å². The number of likely N-dealkylation sites (tertiary alicyclic amines) is 1. The lowest BCUT2D eigenvalue weighted by Gasteiger charge is -2.39. The predicted molar refractivity (Wildman–Crippen MR) is 64.7 cm³/mol. The molecule has 1 aliphatic heterocycles. The Balaban J connectivity index is 1.88. The second-order valence-corrected chi connectivity index (χ2v) is 5.97. The van der Waals surface area contributed by atoms with Crippen molar-refractivity contribution in [2.45, 2.75) is 45.6 Å². The van der Waals surface area contributed by atoms with E-state index in [-0.39, 0.29) is 0 Å². The molecule has 1 saturated heterocycles. The van der Waals surface area contributed by atoms with Gasteiger partial charge in [-0.25, -0.2) is 0 Å². The zero-order chi connectivity index (χ0) is 10.8. The Bertz CT molecular complexity index is 195. The fraction of sp³-hybridized carbons (Fsp3) is 1.00. The molecule has 0 spiro atoms. The van der Waals surface area contributed by atoms with Crippen LogP contribution < -0.4 is 5.73 Å². The monoisotopic (exact) mass is 210 g/mol. The number of nitrogens with zero attached hydrogens (tertiary/aromatic N) is 1. The van der Waals surface area contributed by atoms with Crippen molar-refractivity contribution in [2.75, 3.05) is 19.6 Å². The van der Waals surface area contributed by atoms with E-state index in [1.54, 1.807) is 0 Å². The Kier molecular flexibility index (Phi) is 3.68. The topological polar surface area (TPSA) is 29.3 Å². The lowest BCUT2D eigenvalue weighted by Crippen LogP contribution is -2.44. The molecule has 4 atom stereocenters. The van der Waals surface area contributed by atoms with Crippen LogP contribution >= 0.6 is 0 Å². The molecule has 2 aliphatic rings. The molecule has 4 unspecified atom stereocenters. The minimum atomic E-state index is 0.808. The van der Waals surface area contributed by atoms with E-state index in [0.29, 0.717) is 0 Å². The first-order valence-corrected chi connectivity index (χ1v) is 6.63. The smallest absolute Gasteiger partial charge is 0.00987 e. The molecule has 2 N–H and O–H groups in total. The van der Waals surface area contributed by atoms with E-state index in [0.717, 1.165) is 30.3 Å². The maximum Gasteiger partial charge on any atom is 0.00987 e. The number of hydrogen-bond acceptors (Lipinski definition) is 2. The van der Waals surface area contributed by atoms with Crippen molar-refractivity contribution >= 4 is 0 Å². The molecular formula is C13H26N2. The summed E-state index contributed by atoms with van der Waals surface area (Å²) in [6.07, 6.45) is 5.53. The average Bonchev–Trinajstić information content (AvgIpc) is 2.64. The van der Waals surface area contributed by atoms with Crippen LogP contribution in [-0.4, -0.2) is 30.6 Å². The van der Waals surface area contributed by atoms with Crippen molar-refractivity contribution in [1.82, 2.24) is 4.90 Å². The summed E-state index contributed by atoms with van der Waals surface area (Å²) in [5, 5.41) is 0. The largest absolute Gasteiger partial charge is 0.330 e. The van der Waals surface area contributed by atoms with Gasteiger partial charge in [-0.3, -0.25) is 4.90 Å². The summed E-state index contributed by atoms with van der Waals surface area (Å²) in [5.41, 5.74) is 5.76. The van der Waals surface area contributed by atoms with E-state index in [1.807, 2.05) is 0 Å². The molecule has 1 heterocycles. The highest BCUT2D eigenvalue weighted by Gasteiger charge is 2.32. The lowest BCUT2D eigenvalue weighted by molar-refractivity contribution is 0.0959. The summed E-state index contributed by atoms with van der Waals surface area (Å²) in [4.78, 5) is 2.74. The molecule has 0 bridgehead atoms. The van der Waals surface area contributed by atoms with Gasteiger partial charge in [-0.15, -0.1) is 0 Å². The van der Waals surface area contributed by atoms with Crippen molar-refractivity contribution < 1.29 is 0 Å². The average molecular weight is 210 g/mol. The maximum atomic E-state index is 5.76. The normalized spacial score (nSPS) is 43.4. The third kappa shape index (κ3) is 2.73. The van der Waals surface area contributed by atoms with Crippen molar-refractivity contribution in [3.05, 3.63) is 0 Å². The van der Waals surface area contributed by atoms with Crippen LogP contribution in [0.4, 0.5) is 0 Å². The van der Waals surface area contributed by atoms with Crippen molar-refractivity contribution in [2.24, 2.45) is 23.5 Å². The number of rotatable bonds is 2. The highest BCUT2D eigenvalue weighted by atomic mass is 15.2. The van der Waals surface area contributed by atoms with Gasteiger partial charge in [-0.2, -0.15) is 0 Å². The molecule has 2 nitrogen and oxygen atoms in total. The Hall–Kier alpha value is -0.0800. The van der Waals surface area contributed by atoms with Crippen LogP contribution in [0.5, 0.6) is 0 Å². The summed E-state index contributed by atoms with van der Waals surface area (Å²) in [6, 6.07) is 0.851. The quantitative estimate of drug-likeness (QED) is 0.756. The molecule has 0 radical (unpaired) electrons. The van der Waals surface area contributed by atoms with E-state index in [9.17, 15) is 0 Å². The van der Waals surface area contributed by atoms with Crippen molar-refractivity contribution in [1.29, 1.82) is 0 Å². The fourth-order valence-corrected chi connectivity index (χ4v) is 3.60. The molecule has 1 aliphatic carbocycles. The first kappa shape index (κ1) is 11.4. The molecule has 0 amide bonds. The van der Waals surface area contributed by atoms with Crippen LogP contribution in [0.15, 0.2) is 0 Å². The van der Waals surface area contributed by atoms with Gasteiger partial charge in [0.25, 0.3) is 0 Å². The van der Waals surface area contributed by atoms with E-state index in [2.05, 4.69) is 18.7 Å². The van der Waals surface area contributed by atoms with E-state index in [1.165, 1.54) is 38.8 Å². The van der Waals surface area contributed by atoms with Gasteiger partial charge in [0.1, 0.15) is 0 Å². The first-order valence-electron chi connectivity index (χ1n) is 6.63. The molecule has 15 heavy (non-hydrogen) atoms. The molecule has 0 aromatic heterocycles. The fourth-order valence-electron chi connectivity index (χ4n) is 3.60. The Morgan fingerprint density at radius 3 is 2.27 bits per heavy atom. The van der Waals surface area contributed by atoms with Crippen LogP contribution in [-0.2, 0) is 0 Å². The predicted octanol–water partition coefficient (Wildman–Crippen LogP) is 2.09. The third-order valence-corrected chi connectivity index (χ3v) is 4.26. The summed E-state index contributed by atoms with van der Waals surface area (Å²) < 4.78 is 0. The van der Waals surface area contributed by atoms with Crippen molar-refractivity contribution in [3.63, 3.8) is 0 Å². The van der Waals surface area contributed by atoms with E-state index >= 15 is 0 Å². The van der Waals surface area contributed by atoms with Gasteiger partial charge in [0, 0.05) is 19.1 Å². The Labute approximate surface area is 94.2 Å². The minimum Gasteiger partial charge on any atom is -0.330 e. The first-order chi connectivity index (χ1) is 7.19. The third-order valence-electron chi connectivity index (χ3n) is 4.26. The van der Waals surface area contributed by atoms with Gasteiger partial charge in [-0.05, 0) is 50.0 Å². The zero-order valence-electron chi connectivity index (χ0n) is 10.3. The number of piperidine rings is 1. The molecule has 0 aromatic rings. The summed E-state index contributed by atoms with van der Waals surface area (Å²) in [6.45, 7) is 8.35. The van der Waals surface area contributed by atoms with E-state index < -0.39 is 0 Å². The van der Waals surface area contributed by atoms with Crippen LogP contribution in [0.25, 0.3) is 0 Å². The number of nitrogens with two attached hydrogens (primary N) is 1. The van der Waals surface area contributed by atoms with Gasteiger partial charge in [-0.1, -0.05) is 13.8 Å². The highest BCUT2D eigenvalue weighted by molar-refractivity contribution is 4.87. The molecular weight excluding hydrogens is 184 g/mol. The lowest BCUT2D eigenvalue weighted by atomic mass is 9.90. The SMILES string of the molecule is CC1CC(C)CN(C2CCC(CN)C2)C1. The van der Waals surface area contributed by atoms with Gasteiger partial charge < -0.3 is 5.73 Å². The highest BCUT2D eigenvalue weighted by Crippen LogP contribution is 2.32. The molecule has 2 fully saturated rings. The van der Waals surface area contributed by atoms with Crippen LogP contribution in [0.3, 0.4) is 0 Å². The molecule has 1 saturated carbocycles. The van der Waals surface area contributed by atoms with Gasteiger partial charge >= 0.3 is 0 Å². The van der Waals surface area contributed by atoms with Crippen LogP contribution in [0, 0.1) is 17.8 Å². The Morgan fingerprint density at radius 1 is 1.07 bits per heavy atom. The second-order valence-electron chi connectivity index (χ2n) is 5.97. The van der Waals surface area contributed by atoms with Gasteiger partial charge in [0.05, 0.1) is 0 Å². The number of hydrogen-bond donors (Lipinski definition) is 1. The second kappa shape index (κ2) is 4.84. The molecule has 0 aromatic carbocycles. The van der Waals surface area contributed by atoms with Crippen LogP contribution in [0.2, 0.25) is 0 Å². The standard InChI is InChI=1S/C13H26N2/c1-10-5-11(2)9-15(8-10)13-4-3-12(6-13)7-14/h10-13H,3-9,14H2,1-2H3. The maximum absolute atomic E-state index is 5.76. The Morgan fingerprint density at radius 2 is 1.73 bits per heavy atom. The summed E-state index contributed by atoms with van der Waals surface area (Å²) >= 11 is 0. The molecule has 2 rings (SSSR count). The van der Waals surface area contributed by atoms with Gasteiger partial charge in [0.2, 0.25) is 0 Å². The van der Waals surface area contributed by atoms with Gasteiger partial charge in [0.15, 0.2) is 0 Å². The summed E-state index contributed by atoms with van der Waals surface area (Å²) in [7, 11) is 0. The molecule has 88 valence electrons. The summed E-state index contributed by atoms with van der Waals surface area (Å²) in [5.74, 6) is 2.60. The van der Waals surface area contributed by atoms with Crippen molar-refractivity contribution in [3.8, 4) is 0 Å².